The highest BCUT2D eigenvalue weighted by molar-refractivity contribution is 7.89. The van der Waals surface area contributed by atoms with E-state index in [9.17, 15) is 13.2 Å². The fourth-order valence-corrected chi connectivity index (χ4v) is 2.69. The first-order valence-electron chi connectivity index (χ1n) is 4.20. The first kappa shape index (κ1) is 10.1. The molecule has 1 aliphatic heterocycles. The summed E-state index contributed by atoms with van der Waals surface area (Å²) in [4.78, 5) is 10.6. The van der Waals surface area contributed by atoms with Crippen molar-refractivity contribution in [1.29, 1.82) is 0 Å². The van der Waals surface area contributed by atoms with Crippen molar-refractivity contribution in [2.75, 3.05) is 13.6 Å². The number of sulfonamides is 1. The Morgan fingerprint density at radius 2 is 2.20 bits per heavy atom. The van der Waals surface area contributed by atoms with Gasteiger partial charge in [-0.05, 0) is 0 Å². The fourth-order valence-electron chi connectivity index (χ4n) is 1.39. The molecule has 0 unspecified atom stereocenters. The van der Waals surface area contributed by atoms with Crippen LogP contribution in [0.1, 0.15) is 10.5 Å². The molecule has 0 fully saturated rings. The Morgan fingerprint density at radius 3 is 2.80 bits per heavy atom. The number of rotatable bonds is 1. The summed E-state index contributed by atoms with van der Waals surface area (Å²) in [6.45, 7) is 0.675. The molecule has 0 aromatic carbocycles. The highest BCUT2D eigenvalue weighted by Gasteiger charge is 2.31. The van der Waals surface area contributed by atoms with Crippen molar-refractivity contribution in [2.24, 2.45) is 0 Å². The van der Waals surface area contributed by atoms with Crippen LogP contribution in [0.2, 0.25) is 0 Å². The zero-order valence-corrected chi connectivity index (χ0v) is 8.73. The second-order valence-electron chi connectivity index (χ2n) is 3.22. The molecule has 82 valence electrons. The monoisotopic (exact) mass is 231 g/mol. The Bertz CT molecular complexity index is 518. The number of carboxylic acid groups (broad SMARTS) is 1. The summed E-state index contributed by atoms with van der Waals surface area (Å²) in [6.07, 6.45) is 0. The van der Waals surface area contributed by atoms with Crippen LogP contribution in [0.15, 0.2) is 11.1 Å². The van der Waals surface area contributed by atoms with Gasteiger partial charge in [-0.15, -0.1) is 0 Å². The molecule has 0 bridgehead atoms. The van der Waals surface area contributed by atoms with E-state index in [0.29, 0.717) is 13.1 Å². The second-order valence-corrected chi connectivity index (χ2v) is 5.21. The molecule has 15 heavy (non-hydrogen) atoms. The Morgan fingerprint density at radius 1 is 1.53 bits per heavy atom. The van der Waals surface area contributed by atoms with Gasteiger partial charge >= 0.3 is 5.97 Å². The van der Waals surface area contributed by atoms with Gasteiger partial charge in [0.15, 0.2) is 10.7 Å². The van der Waals surface area contributed by atoms with Crippen molar-refractivity contribution >= 4 is 16.0 Å². The third-order valence-electron chi connectivity index (χ3n) is 2.26. The summed E-state index contributed by atoms with van der Waals surface area (Å²) in [5, 5.41) is 12.3. The van der Waals surface area contributed by atoms with Crippen LogP contribution < -0.4 is 0 Å². The summed E-state index contributed by atoms with van der Waals surface area (Å²) < 4.78 is 25.8. The van der Waals surface area contributed by atoms with E-state index in [1.807, 2.05) is 0 Å². The summed E-state index contributed by atoms with van der Waals surface area (Å²) in [6, 6.07) is 1.08. The lowest BCUT2D eigenvalue weighted by molar-refractivity contribution is 0.0689. The van der Waals surface area contributed by atoms with Gasteiger partial charge in [-0.25, -0.2) is 13.2 Å². The molecule has 2 rings (SSSR count). The summed E-state index contributed by atoms with van der Waals surface area (Å²) in [5.74, 6) is -1.23. The highest BCUT2D eigenvalue weighted by atomic mass is 32.2. The number of fused-ring (bicyclic) bond motifs is 1. The second kappa shape index (κ2) is 3.04. The zero-order valence-electron chi connectivity index (χ0n) is 7.91. The van der Waals surface area contributed by atoms with E-state index in [-0.39, 0.29) is 10.7 Å². The van der Waals surface area contributed by atoms with Crippen LogP contribution in [0.25, 0.3) is 0 Å². The number of hydrogen-bond donors (Lipinski definition) is 1. The van der Waals surface area contributed by atoms with Gasteiger partial charge in [-0.2, -0.15) is 9.40 Å². The molecule has 8 heteroatoms. The van der Waals surface area contributed by atoms with Crippen LogP contribution >= 0.6 is 0 Å². The Balaban J connectivity index is 2.61. The Hall–Kier alpha value is -1.41. The van der Waals surface area contributed by atoms with Crippen LogP contribution in [0.5, 0.6) is 0 Å². The largest absolute Gasteiger partial charge is 0.476 e. The average Bonchev–Trinajstić information content (AvgIpc) is 2.57. The predicted octanol–water partition coefficient (Wildman–Crippen LogP) is -0.785. The van der Waals surface area contributed by atoms with Gasteiger partial charge in [0.2, 0.25) is 0 Å². The van der Waals surface area contributed by atoms with Crippen molar-refractivity contribution in [3.8, 4) is 0 Å². The first-order chi connectivity index (χ1) is 6.93. The molecule has 1 aliphatic rings. The Kier molecular flexibility index (Phi) is 2.05. The van der Waals surface area contributed by atoms with E-state index < -0.39 is 16.0 Å². The molecule has 1 aromatic rings. The molecule has 0 saturated heterocycles. The van der Waals surface area contributed by atoms with Crippen LogP contribution in [-0.2, 0) is 16.6 Å². The lowest BCUT2D eigenvalue weighted by Crippen LogP contribution is -2.37. The minimum atomic E-state index is -3.56. The van der Waals surface area contributed by atoms with E-state index in [2.05, 4.69) is 5.10 Å². The number of carboxylic acids is 1. The van der Waals surface area contributed by atoms with E-state index in [4.69, 9.17) is 5.11 Å². The van der Waals surface area contributed by atoms with E-state index in [1.54, 1.807) is 0 Å². The maximum absolute atomic E-state index is 11.7. The van der Waals surface area contributed by atoms with Gasteiger partial charge in [0.1, 0.15) is 0 Å². The number of aromatic nitrogens is 2. The van der Waals surface area contributed by atoms with Crippen molar-refractivity contribution in [3.63, 3.8) is 0 Å². The standard InChI is InChI=1S/C7H9N3O4S/c1-9-2-3-10-6(15(9,13)14)4-5(8-10)7(11)12/h4H,2-3H2,1H3,(H,11,12). The van der Waals surface area contributed by atoms with Crippen LogP contribution in [0.3, 0.4) is 0 Å². The normalized spacial score (nSPS) is 19.8. The maximum Gasteiger partial charge on any atom is 0.356 e. The molecule has 0 aliphatic carbocycles. The van der Waals surface area contributed by atoms with Gasteiger partial charge < -0.3 is 5.11 Å². The number of likely N-dealkylation sites (N-methyl/N-ethyl adjacent to an activating group) is 1. The molecular weight excluding hydrogens is 222 g/mol. The van der Waals surface area contributed by atoms with Crippen LogP contribution in [0, 0.1) is 0 Å². The summed E-state index contributed by atoms with van der Waals surface area (Å²) in [7, 11) is -2.11. The average molecular weight is 231 g/mol. The lowest BCUT2D eigenvalue weighted by atomic mass is 10.4. The quantitative estimate of drug-likeness (QED) is 0.684. The smallest absolute Gasteiger partial charge is 0.356 e. The highest BCUT2D eigenvalue weighted by Crippen LogP contribution is 2.20. The maximum atomic E-state index is 11.7. The van der Waals surface area contributed by atoms with E-state index in [1.165, 1.54) is 16.0 Å². The minimum absolute atomic E-state index is 0.0614. The molecule has 1 aromatic heterocycles. The van der Waals surface area contributed by atoms with Crippen LogP contribution in [-0.4, -0.2) is 47.2 Å². The molecule has 0 atom stereocenters. The number of nitrogens with zero attached hydrogens (tertiary/aromatic N) is 3. The summed E-state index contributed by atoms with van der Waals surface area (Å²) >= 11 is 0. The predicted molar refractivity (Wildman–Crippen MR) is 49.0 cm³/mol. The molecule has 1 N–H and O–H groups in total. The summed E-state index contributed by atoms with van der Waals surface area (Å²) in [5.41, 5.74) is -0.246. The molecule has 0 radical (unpaired) electrons. The first-order valence-corrected chi connectivity index (χ1v) is 5.64. The van der Waals surface area contributed by atoms with Gasteiger partial charge in [0.05, 0.1) is 6.54 Å². The topological polar surface area (TPSA) is 92.5 Å². The van der Waals surface area contributed by atoms with Crippen molar-refractivity contribution < 1.29 is 18.3 Å². The molecule has 7 nitrogen and oxygen atoms in total. The van der Waals surface area contributed by atoms with Gasteiger partial charge in [-0.3, -0.25) is 4.68 Å². The van der Waals surface area contributed by atoms with E-state index in [0.717, 1.165) is 6.07 Å². The lowest BCUT2D eigenvalue weighted by Gasteiger charge is -2.22. The molecule has 0 spiro atoms. The van der Waals surface area contributed by atoms with E-state index >= 15 is 0 Å². The SMILES string of the molecule is CN1CCn2nc(C(=O)O)cc2S1(=O)=O. The molecular formula is C7H9N3O4S. The third kappa shape index (κ3) is 1.41. The zero-order chi connectivity index (χ0) is 11.2. The van der Waals surface area contributed by atoms with Crippen molar-refractivity contribution in [2.45, 2.75) is 11.6 Å². The molecule has 2 heterocycles. The Labute approximate surface area is 86.0 Å². The number of carbonyl (C=O) groups is 1. The van der Waals surface area contributed by atoms with Gasteiger partial charge in [-0.1, -0.05) is 0 Å². The van der Waals surface area contributed by atoms with Crippen molar-refractivity contribution in [1.82, 2.24) is 14.1 Å². The number of hydrogen-bond acceptors (Lipinski definition) is 4. The van der Waals surface area contributed by atoms with Gasteiger partial charge in [0.25, 0.3) is 10.0 Å². The fraction of sp³-hybridized carbons (Fsp3) is 0.429. The van der Waals surface area contributed by atoms with Crippen molar-refractivity contribution in [3.05, 3.63) is 11.8 Å². The van der Waals surface area contributed by atoms with Gasteiger partial charge in [0, 0.05) is 19.7 Å². The van der Waals surface area contributed by atoms with Crippen LogP contribution in [0.4, 0.5) is 0 Å². The third-order valence-corrected chi connectivity index (χ3v) is 4.12. The molecule has 0 amide bonds. The molecule has 0 saturated carbocycles. The number of aromatic carboxylic acids is 1. The minimum Gasteiger partial charge on any atom is -0.476 e.